The van der Waals surface area contributed by atoms with Crippen LogP contribution in [0.1, 0.15) is 17.5 Å². The van der Waals surface area contributed by atoms with Crippen LogP contribution in [0.5, 0.6) is 0 Å². The SMILES string of the molecule is Cc1cc(C)cc(NCCC(=O)NO)c1. The van der Waals surface area contributed by atoms with Gasteiger partial charge in [0, 0.05) is 18.7 Å². The number of anilines is 1. The molecule has 0 aliphatic rings. The minimum atomic E-state index is -0.383. The molecule has 0 fully saturated rings. The number of amides is 1. The normalized spacial score (nSPS) is 9.80. The summed E-state index contributed by atoms with van der Waals surface area (Å²) in [6, 6.07) is 6.12. The van der Waals surface area contributed by atoms with Gasteiger partial charge in [-0.3, -0.25) is 10.0 Å². The van der Waals surface area contributed by atoms with Crippen LogP contribution in [0.2, 0.25) is 0 Å². The lowest BCUT2D eigenvalue weighted by Crippen LogP contribution is -2.21. The van der Waals surface area contributed by atoms with E-state index in [1.54, 1.807) is 5.48 Å². The highest BCUT2D eigenvalue weighted by Crippen LogP contribution is 2.13. The van der Waals surface area contributed by atoms with Crippen LogP contribution in [0, 0.1) is 13.8 Å². The van der Waals surface area contributed by atoms with E-state index >= 15 is 0 Å². The zero-order valence-electron chi connectivity index (χ0n) is 9.00. The van der Waals surface area contributed by atoms with Crippen molar-refractivity contribution in [2.24, 2.45) is 0 Å². The average molecular weight is 208 g/mol. The second-order valence-electron chi connectivity index (χ2n) is 3.59. The molecule has 0 atom stereocenters. The Balaban J connectivity index is 2.47. The Hall–Kier alpha value is -1.55. The quantitative estimate of drug-likeness (QED) is 0.520. The third-order valence-electron chi connectivity index (χ3n) is 2.03. The molecule has 3 N–H and O–H groups in total. The van der Waals surface area contributed by atoms with Gasteiger partial charge >= 0.3 is 0 Å². The summed E-state index contributed by atoms with van der Waals surface area (Å²) >= 11 is 0. The Morgan fingerprint density at radius 1 is 1.27 bits per heavy atom. The largest absolute Gasteiger partial charge is 0.385 e. The molecule has 1 aromatic carbocycles. The van der Waals surface area contributed by atoms with Crippen LogP contribution in [0.4, 0.5) is 5.69 Å². The molecule has 4 nitrogen and oxygen atoms in total. The molecule has 0 aromatic heterocycles. The van der Waals surface area contributed by atoms with Gasteiger partial charge in [0.1, 0.15) is 0 Å². The highest BCUT2D eigenvalue weighted by Gasteiger charge is 1.99. The summed E-state index contributed by atoms with van der Waals surface area (Å²) in [5.74, 6) is -0.383. The Bertz CT molecular complexity index is 330. The molecule has 82 valence electrons. The monoisotopic (exact) mass is 208 g/mol. The zero-order chi connectivity index (χ0) is 11.3. The number of benzene rings is 1. The summed E-state index contributed by atoms with van der Waals surface area (Å²) in [4.78, 5) is 10.7. The first-order valence-corrected chi connectivity index (χ1v) is 4.87. The molecular formula is C11H16N2O2. The number of hydrogen-bond acceptors (Lipinski definition) is 3. The maximum absolute atomic E-state index is 10.7. The summed E-state index contributed by atoms with van der Waals surface area (Å²) in [5.41, 5.74) is 4.96. The molecule has 1 rings (SSSR count). The van der Waals surface area contributed by atoms with E-state index in [0.29, 0.717) is 6.54 Å². The number of nitrogens with one attached hydrogen (secondary N) is 2. The van der Waals surface area contributed by atoms with E-state index in [4.69, 9.17) is 5.21 Å². The third kappa shape index (κ3) is 3.99. The molecule has 0 aliphatic carbocycles. The van der Waals surface area contributed by atoms with E-state index in [2.05, 4.69) is 11.4 Å². The van der Waals surface area contributed by atoms with Crippen molar-refractivity contribution < 1.29 is 10.0 Å². The molecule has 4 heteroatoms. The Morgan fingerprint density at radius 2 is 1.87 bits per heavy atom. The average Bonchev–Trinajstić information content (AvgIpc) is 2.16. The topological polar surface area (TPSA) is 61.4 Å². The lowest BCUT2D eigenvalue weighted by molar-refractivity contribution is -0.128. The molecule has 1 aromatic rings. The van der Waals surface area contributed by atoms with E-state index in [-0.39, 0.29) is 12.3 Å². The number of carbonyl (C=O) groups is 1. The van der Waals surface area contributed by atoms with E-state index in [1.807, 2.05) is 26.0 Å². The Kier molecular flexibility index (Phi) is 4.12. The number of hydroxylamine groups is 1. The van der Waals surface area contributed by atoms with Gasteiger partial charge in [0.05, 0.1) is 0 Å². The van der Waals surface area contributed by atoms with Crippen molar-refractivity contribution in [2.45, 2.75) is 20.3 Å². The van der Waals surface area contributed by atoms with E-state index in [1.165, 1.54) is 11.1 Å². The fourth-order valence-electron chi connectivity index (χ4n) is 1.45. The van der Waals surface area contributed by atoms with Crippen LogP contribution in [-0.2, 0) is 4.79 Å². The number of rotatable bonds is 4. The molecule has 0 saturated carbocycles. The molecule has 0 aliphatic heterocycles. The first-order valence-electron chi connectivity index (χ1n) is 4.87. The zero-order valence-corrected chi connectivity index (χ0v) is 9.00. The molecule has 0 bridgehead atoms. The summed E-state index contributed by atoms with van der Waals surface area (Å²) < 4.78 is 0. The fourth-order valence-corrected chi connectivity index (χ4v) is 1.45. The van der Waals surface area contributed by atoms with Crippen molar-refractivity contribution in [2.75, 3.05) is 11.9 Å². The van der Waals surface area contributed by atoms with Gasteiger partial charge in [0.15, 0.2) is 0 Å². The summed E-state index contributed by atoms with van der Waals surface area (Å²) in [6.45, 7) is 4.56. The van der Waals surface area contributed by atoms with Gasteiger partial charge in [-0.2, -0.15) is 0 Å². The highest BCUT2D eigenvalue weighted by atomic mass is 16.5. The van der Waals surface area contributed by atoms with Crippen molar-refractivity contribution in [3.05, 3.63) is 29.3 Å². The van der Waals surface area contributed by atoms with Crippen molar-refractivity contribution in [1.29, 1.82) is 0 Å². The van der Waals surface area contributed by atoms with Crippen LogP contribution >= 0.6 is 0 Å². The Morgan fingerprint density at radius 3 is 2.40 bits per heavy atom. The van der Waals surface area contributed by atoms with Crippen LogP contribution in [0.15, 0.2) is 18.2 Å². The van der Waals surface area contributed by atoms with Crippen LogP contribution in [0.3, 0.4) is 0 Å². The minimum Gasteiger partial charge on any atom is -0.385 e. The maximum atomic E-state index is 10.7. The third-order valence-corrected chi connectivity index (χ3v) is 2.03. The molecule has 15 heavy (non-hydrogen) atoms. The second kappa shape index (κ2) is 5.36. The van der Waals surface area contributed by atoms with Gasteiger partial charge in [-0.15, -0.1) is 0 Å². The number of hydrogen-bond donors (Lipinski definition) is 3. The molecule has 0 spiro atoms. The number of aryl methyl sites for hydroxylation is 2. The molecule has 1 amide bonds. The van der Waals surface area contributed by atoms with Crippen molar-refractivity contribution in [1.82, 2.24) is 5.48 Å². The summed E-state index contributed by atoms with van der Waals surface area (Å²) in [7, 11) is 0. The summed E-state index contributed by atoms with van der Waals surface area (Å²) in [6.07, 6.45) is 0.253. The Labute approximate surface area is 89.3 Å². The lowest BCUT2D eigenvalue weighted by Gasteiger charge is -2.07. The molecular weight excluding hydrogens is 192 g/mol. The van der Waals surface area contributed by atoms with Gasteiger partial charge in [-0.1, -0.05) is 6.07 Å². The van der Waals surface area contributed by atoms with E-state index in [9.17, 15) is 4.79 Å². The predicted octanol–water partition coefficient (Wildman–Crippen LogP) is 1.61. The van der Waals surface area contributed by atoms with Crippen molar-refractivity contribution >= 4 is 11.6 Å². The van der Waals surface area contributed by atoms with Gasteiger partial charge in [0.25, 0.3) is 0 Å². The van der Waals surface area contributed by atoms with E-state index < -0.39 is 0 Å². The van der Waals surface area contributed by atoms with Crippen LogP contribution in [0.25, 0.3) is 0 Å². The fraction of sp³-hybridized carbons (Fsp3) is 0.364. The van der Waals surface area contributed by atoms with Gasteiger partial charge in [-0.25, -0.2) is 5.48 Å². The lowest BCUT2D eigenvalue weighted by atomic mass is 10.1. The second-order valence-corrected chi connectivity index (χ2v) is 3.59. The summed E-state index contributed by atoms with van der Waals surface area (Å²) in [5, 5.41) is 11.4. The molecule has 0 unspecified atom stereocenters. The maximum Gasteiger partial charge on any atom is 0.245 e. The molecule has 0 heterocycles. The van der Waals surface area contributed by atoms with Gasteiger partial charge in [-0.05, 0) is 37.1 Å². The van der Waals surface area contributed by atoms with Crippen molar-refractivity contribution in [3.8, 4) is 0 Å². The van der Waals surface area contributed by atoms with Crippen LogP contribution < -0.4 is 10.8 Å². The highest BCUT2D eigenvalue weighted by molar-refractivity contribution is 5.75. The molecule has 0 radical (unpaired) electrons. The van der Waals surface area contributed by atoms with Gasteiger partial charge in [0.2, 0.25) is 5.91 Å². The standard InChI is InChI=1S/C11H16N2O2/c1-8-5-9(2)7-10(6-8)12-4-3-11(14)13-15/h5-7,12,15H,3-4H2,1-2H3,(H,13,14). The van der Waals surface area contributed by atoms with Crippen molar-refractivity contribution in [3.63, 3.8) is 0 Å². The predicted molar refractivity (Wildman–Crippen MR) is 59.0 cm³/mol. The van der Waals surface area contributed by atoms with E-state index in [0.717, 1.165) is 5.69 Å². The first kappa shape index (κ1) is 11.5. The molecule has 0 saturated heterocycles. The van der Waals surface area contributed by atoms with Crippen LogP contribution in [-0.4, -0.2) is 17.7 Å². The smallest absolute Gasteiger partial charge is 0.245 e. The minimum absolute atomic E-state index is 0.253. The van der Waals surface area contributed by atoms with Gasteiger partial charge < -0.3 is 5.32 Å². The number of carbonyl (C=O) groups excluding carboxylic acids is 1. The first-order chi connectivity index (χ1) is 7.11.